The van der Waals surface area contributed by atoms with Gasteiger partial charge in [0.15, 0.2) is 0 Å². The standard InChI is InChI=1S/C13H22N2O4S/c1-13(2)6-7-15(8-9-20-13)12(19)14-10(16)4-3-5-11(17)18/h3-9H2,1-2H3,(H,17,18)(H,14,16,19). The van der Waals surface area contributed by atoms with E-state index in [2.05, 4.69) is 19.2 Å². The molecule has 0 bridgehead atoms. The Hall–Kier alpha value is -1.24. The Balaban J connectivity index is 2.34. The topological polar surface area (TPSA) is 86.7 Å². The molecule has 0 spiro atoms. The Kier molecular flexibility index (Phi) is 6.32. The van der Waals surface area contributed by atoms with Crippen LogP contribution < -0.4 is 5.32 Å². The minimum atomic E-state index is -0.934. The first-order chi connectivity index (χ1) is 9.30. The molecule has 114 valence electrons. The van der Waals surface area contributed by atoms with Gasteiger partial charge in [0.05, 0.1) is 0 Å². The normalized spacial score (nSPS) is 18.2. The van der Waals surface area contributed by atoms with Crippen molar-refractivity contribution in [2.24, 2.45) is 0 Å². The zero-order valence-corrected chi connectivity index (χ0v) is 12.8. The fourth-order valence-corrected chi connectivity index (χ4v) is 2.98. The van der Waals surface area contributed by atoms with E-state index in [1.54, 1.807) is 4.90 Å². The number of urea groups is 1. The van der Waals surface area contributed by atoms with Crippen LogP contribution in [0.25, 0.3) is 0 Å². The van der Waals surface area contributed by atoms with E-state index in [9.17, 15) is 14.4 Å². The van der Waals surface area contributed by atoms with Crippen molar-refractivity contribution in [3.63, 3.8) is 0 Å². The maximum absolute atomic E-state index is 11.9. The average molecular weight is 302 g/mol. The molecule has 3 amide bonds. The number of thioether (sulfide) groups is 1. The number of hydrogen-bond acceptors (Lipinski definition) is 4. The van der Waals surface area contributed by atoms with Gasteiger partial charge >= 0.3 is 12.0 Å². The van der Waals surface area contributed by atoms with Crippen molar-refractivity contribution in [2.75, 3.05) is 18.8 Å². The molecule has 1 saturated heterocycles. The number of nitrogens with one attached hydrogen (secondary N) is 1. The van der Waals surface area contributed by atoms with Gasteiger partial charge in [-0.05, 0) is 12.8 Å². The lowest BCUT2D eigenvalue weighted by Gasteiger charge is -2.22. The first-order valence-corrected chi connectivity index (χ1v) is 7.73. The molecule has 7 heteroatoms. The van der Waals surface area contributed by atoms with Crippen LogP contribution in [0, 0.1) is 0 Å². The highest BCUT2D eigenvalue weighted by Gasteiger charge is 2.26. The van der Waals surface area contributed by atoms with Gasteiger partial charge in [-0.15, -0.1) is 0 Å². The number of amides is 3. The zero-order valence-electron chi connectivity index (χ0n) is 12.0. The van der Waals surface area contributed by atoms with Crippen LogP contribution in [0.5, 0.6) is 0 Å². The van der Waals surface area contributed by atoms with Crippen molar-refractivity contribution in [3.8, 4) is 0 Å². The van der Waals surface area contributed by atoms with Crippen LogP contribution in [-0.4, -0.2) is 51.5 Å². The van der Waals surface area contributed by atoms with Gasteiger partial charge in [0.25, 0.3) is 0 Å². The predicted octanol–water partition coefficient (Wildman–Crippen LogP) is 1.70. The summed E-state index contributed by atoms with van der Waals surface area (Å²) < 4.78 is 0.153. The Bertz CT molecular complexity index is 385. The summed E-state index contributed by atoms with van der Waals surface area (Å²) in [4.78, 5) is 35.5. The number of nitrogens with zero attached hydrogens (tertiary/aromatic N) is 1. The highest BCUT2D eigenvalue weighted by molar-refractivity contribution is 8.00. The van der Waals surface area contributed by atoms with E-state index < -0.39 is 11.9 Å². The molecule has 1 heterocycles. The van der Waals surface area contributed by atoms with E-state index in [0.29, 0.717) is 13.1 Å². The quantitative estimate of drug-likeness (QED) is 0.825. The number of carboxylic acid groups (broad SMARTS) is 1. The second-order valence-electron chi connectivity index (χ2n) is 5.45. The van der Waals surface area contributed by atoms with Crippen LogP contribution in [0.2, 0.25) is 0 Å². The van der Waals surface area contributed by atoms with Crippen molar-refractivity contribution in [1.82, 2.24) is 10.2 Å². The molecule has 0 aromatic heterocycles. The minimum absolute atomic E-state index is 0.0594. The number of carboxylic acids is 1. The minimum Gasteiger partial charge on any atom is -0.481 e. The molecule has 1 aliphatic rings. The third kappa shape index (κ3) is 6.27. The van der Waals surface area contributed by atoms with Crippen molar-refractivity contribution >= 4 is 29.7 Å². The Morgan fingerprint density at radius 2 is 1.95 bits per heavy atom. The summed E-state index contributed by atoms with van der Waals surface area (Å²) in [5.41, 5.74) is 0. The summed E-state index contributed by atoms with van der Waals surface area (Å²) in [6.07, 6.45) is 1.14. The van der Waals surface area contributed by atoms with Crippen LogP contribution in [0.3, 0.4) is 0 Å². The first kappa shape index (κ1) is 16.8. The van der Waals surface area contributed by atoms with E-state index in [1.165, 1.54) is 0 Å². The molecule has 1 fully saturated rings. The molecule has 0 saturated carbocycles. The molecule has 0 aromatic rings. The summed E-state index contributed by atoms with van der Waals surface area (Å²) in [6, 6.07) is -0.372. The molecule has 0 unspecified atom stereocenters. The van der Waals surface area contributed by atoms with Gasteiger partial charge in [-0.2, -0.15) is 11.8 Å². The zero-order chi connectivity index (χ0) is 15.2. The largest absolute Gasteiger partial charge is 0.481 e. The van der Waals surface area contributed by atoms with Crippen LogP contribution in [0.1, 0.15) is 39.5 Å². The number of rotatable bonds is 4. The maximum Gasteiger partial charge on any atom is 0.324 e. The summed E-state index contributed by atoms with van der Waals surface area (Å²) in [5.74, 6) is -0.489. The third-order valence-electron chi connectivity index (χ3n) is 3.17. The highest BCUT2D eigenvalue weighted by atomic mass is 32.2. The molecule has 1 aliphatic heterocycles. The van der Waals surface area contributed by atoms with Gasteiger partial charge in [0.2, 0.25) is 5.91 Å². The SMILES string of the molecule is CC1(C)CCN(C(=O)NC(=O)CCCC(=O)O)CCS1. The van der Waals surface area contributed by atoms with Crippen LogP contribution in [0.15, 0.2) is 0 Å². The highest BCUT2D eigenvalue weighted by Crippen LogP contribution is 2.30. The van der Waals surface area contributed by atoms with Crippen molar-refractivity contribution < 1.29 is 19.5 Å². The van der Waals surface area contributed by atoms with Crippen molar-refractivity contribution in [3.05, 3.63) is 0 Å². The first-order valence-electron chi connectivity index (χ1n) is 6.75. The number of imide groups is 1. The summed E-state index contributed by atoms with van der Waals surface area (Å²) in [5, 5.41) is 10.8. The molecule has 20 heavy (non-hydrogen) atoms. The number of aliphatic carboxylic acids is 1. The van der Waals surface area contributed by atoms with Crippen LogP contribution in [-0.2, 0) is 9.59 Å². The molecular formula is C13H22N2O4S. The van der Waals surface area contributed by atoms with E-state index in [4.69, 9.17) is 5.11 Å². The monoisotopic (exact) mass is 302 g/mol. The van der Waals surface area contributed by atoms with Gasteiger partial charge in [-0.3, -0.25) is 14.9 Å². The molecule has 0 radical (unpaired) electrons. The maximum atomic E-state index is 11.9. The average Bonchev–Trinajstić information content (AvgIpc) is 2.49. The number of carbonyl (C=O) groups excluding carboxylic acids is 2. The molecule has 0 atom stereocenters. The Labute approximate surface area is 123 Å². The predicted molar refractivity (Wildman–Crippen MR) is 77.8 cm³/mol. The smallest absolute Gasteiger partial charge is 0.324 e. The second kappa shape index (κ2) is 7.52. The molecular weight excluding hydrogens is 280 g/mol. The van der Waals surface area contributed by atoms with E-state index >= 15 is 0 Å². The fourth-order valence-electron chi connectivity index (χ4n) is 1.88. The molecule has 0 aromatic carbocycles. The lowest BCUT2D eigenvalue weighted by atomic mass is 10.1. The summed E-state index contributed by atoms with van der Waals surface area (Å²) in [7, 11) is 0. The van der Waals surface area contributed by atoms with Gasteiger partial charge in [0, 0.05) is 36.4 Å². The van der Waals surface area contributed by atoms with Gasteiger partial charge < -0.3 is 10.0 Å². The van der Waals surface area contributed by atoms with E-state index in [-0.39, 0.29) is 30.0 Å². The fraction of sp³-hybridized carbons (Fsp3) is 0.769. The number of carbonyl (C=O) groups is 3. The Morgan fingerprint density at radius 1 is 1.25 bits per heavy atom. The summed E-state index contributed by atoms with van der Waals surface area (Å²) >= 11 is 1.83. The lowest BCUT2D eigenvalue weighted by Crippen LogP contribution is -2.44. The molecule has 1 rings (SSSR count). The van der Waals surface area contributed by atoms with E-state index in [1.807, 2.05) is 11.8 Å². The van der Waals surface area contributed by atoms with E-state index in [0.717, 1.165) is 12.2 Å². The van der Waals surface area contributed by atoms with Gasteiger partial charge in [-0.25, -0.2) is 4.79 Å². The van der Waals surface area contributed by atoms with Crippen molar-refractivity contribution in [1.29, 1.82) is 0 Å². The molecule has 2 N–H and O–H groups in total. The number of hydrogen-bond donors (Lipinski definition) is 2. The Morgan fingerprint density at radius 3 is 2.60 bits per heavy atom. The summed E-state index contributed by atoms with van der Waals surface area (Å²) in [6.45, 7) is 5.56. The van der Waals surface area contributed by atoms with Crippen LogP contribution >= 0.6 is 11.8 Å². The van der Waals surface area contributed by atoms with Gasteiger partial charge in [-0.1, -0.05) is 13.8 Å². The van der Waals surface area contributed by atoms with Crippen molar-refractivity contribution in [2.45, 2.75) is 44.3 Å². The lowest BCUT2D eigenvalue weighted by molar-refractivity contribution is -0.137. The molecule has 6 nitrogen and oxygen atoms in total. The third-order valence-corrected chi connectivity index (χ3v) is 4.54. The van der Waals surface area contributed by atoms with Crippen LogP contribution in [0.4, 0.5) is 4.79 Å². The second-order valence-corrected chi connectivity index (χ2v) is 7.25. The van der Waals surface area contributed by atoms with Gasteiger partial charge in [0.1, 0.15) is 0 Å². The molecule has 0 aliphatic carbocycles.